The van der Waals surface area contributed by atoms with Gasteiger partial charge in [0.2, 0.25) is 16.9 Å². The minimum atomic E-state index is -0.277. The van der Waals surface area contributed by atoms with Gasteiger partial charge in [0.15, 0.2) is 0 Å². The highest BCUT2D eigenvalue weighted by atomic mass is 32.1. The summed E-state index contributed by atoms with van der Waals surface area (Å²) in [6, 6.07) is 0. The average Bonchev–Trinajstić information content (AvgIpc) is 3.21. The molecule has 2 amide bonds. The lowest BCUT2D eigenvalue weighted by atomic mass is 9.93. The molecular weight excluding hydrogens is 328 g/mol. The molecule has 1 aromatic rings. The predicted molar refractivity (Wildman–Crippen MR) is 90.8 cm³/mol. The van der Waals surface area contributed by atoms with Crippen LogP contribution < -0.4 is 4.90 Å². The number of hydrogen-bond acceptors (Lipinski definition) is 6. The van der Waals surface area contributed by atoms with Crippen LogP contribution in [0.5, 0.6) is 0 Å². The summed E-state index contributed by atoms with van der Waals surface area (Å²) >= 11 is 1.42. The third-order valence-electron chi connectivity index (χ3n) is 4.93. The molecule has 0 aromatic carbocycles. The van der Waals surface area contributed by atoms with E-state index in [9.17, 15) is 9.59 Å². The maximum atomic E-state index is 12.7. The van der Waals surface area contributed by atoms with Crippen LogP contribution in [-0.2, 0) is 16.0 Å². The lowest BCUT2D eigenvalue weighted by Crippen LogP contribution is -2.42. The molecular formula is C16H24N4O3S. The molecule has 0 aliphatic carbocycles. The van der Waals surface area contributed by atoms with Gasteiger partial charge in [0, 0.05) is 32.7 Å². The zero-order chi connectivity index (χ0) is 17.1. The number of aryl methyl sites for hydroxylation is 1. The second-order valence-corrected chi connectivity index (χ2v) is 7.56. The fourth-order valence-corrected chi connectivity index (χ4v) is 4.24. The molecule has 0 radical (unpaired) electrons. The van der Waals surface area contributed by atoms with Crippen LogP contribution in [0.15, 0.2) is 0 Å². The van der Waals surface area contributed by atoms with Crippen molar-refractivity contribution in [1.82, 2.24) is 15.1 Å². The number of nitrogens with zero attached hydrogens (tertiary/aromatic N) is 4. The van der Waals surface area contributed by atoms with E-state index in [-0.39, 0.29) is 30.8 Å². The van der Waals surface area contributed by atoms with Gasteiger partial charge in [-0.05, 0) is 31.6 Å². The fraction of sp³-hybridized carbons (Fsp3) is 0.750. The highest BCUT2D eigenvalue weighted by Crippen LogP contribution is 2.30. The smallest absolute Gasteiger partial charge is 0.229 e. The summed E-state index contributed by atoms with van der Waals surface area (Å²) in [6.45, 7) is 4.08. The topological polar surface area (TPSA) is 86.6 Å². The number of rotatable bonds is 5. The van der Waals surface area contributed by atoms with Crippen molar-refractivity contribution in [2.24, 2.45) is 11.8 Å². The Kier molecular flexibility index (Phi) is 5.45. The molecule has 1 atom stereocenters. The zero-order valence-corrected chi connectivity index (χ0v) is 14.8. The first-order valence-corrected chi connectivity index (χ1v) is 9.46. The van der Waals surface area contributed by atoms with Gasteiger partial charge < -0.3 is 10.0 Å². The summed E-state index contributed by atoms with van der Waals surface area (Å²) in [7, 11) is 0. The molecule has 1 aromatic heterocycles. The lowest BCUT2D eigenvalue weighted by molar-refractivity contribution is -0.137. The van der Waals surface area contributed by atoms with Gasteiger partial charge in [-0.1, -0.05) is 18.3 Å². The van der Waals surface area contributed by atoms with E-state index >= 15 is 0 Å². The third-order valence-corrected chi connectivity index (χ3v) is 6.02. The number of piperidine rings is 1. The van der Waals surface area contributed by atoms with Crippen LogP contribution in [0.2, 0.25) is 0 Å². The van der Waals surface area contributed by atoms with E-state index in [0.29, 0.717) is 17.6 Å². The first-order chi connectivity index (χ1) is 11.6. The Hall–Kier alpha value is -1.54. The van der Waals surface area contributed by atoms with Gasteiger partial charge in [0.25, 0.3) is 0 Å². The van der Waals surface area contributed by atoms with E-state index < -0.39 is 0 Å². The SMILES string of the molecule is CCc1nnc(N2CC(C(=O)N3CCC(CCO)CC3)CC2=O)s1. The number of aromatic nitrogens is 2. The van der Waals surface area contributed by atoms with E-state index in [4.69, 9.17) is 5.11 Å². The molecule has 2 aliphatic rings. The number of carbonyl (C=O) groups excluding carboxylic acids is 2. The van der Waals surface area contributed by atoms with Gasteiger partial charge in [-0.2, -0.15) is 0 Å². The first-order valence-electron chi connectivity index (χ1n) is 8.64. The highest BCUT2D eigenvalue weighted by molar-refractivity contribution is 7.15. The Morgan fingerprint density at radius 3 is 2.71 bits per heavy atom. The first kappa shape index (κ1) is 17.3. The Balaban J connectivity index is 1.58. The minimum absolute atomic E-state index is 0.0395. The summed E-state index contributed by atoms with van der Waals surface area (Å²) in [6.07, 6.45) is 3.75. The van der Waals surface area contributed by atoms with Crippen molar-refractivity contribution in [3.05, 3.63) is 5.01 Å². The van der Waals surface area contributed by atoms with E-state index in [2.05, 4.69) is 10.2 Å². The molecule has 2 fully saturated rings. The third kappa shape index (κ3) is 3.59. The molecule has 8 heteroatoms. The molecule has 0 spiro atoms. The molecule has 2 saturated heterocycles. The quantitative estimate of drug-likeness (QED) is 0.857. The summed E-state index contributed by atoms with van der Waals surface area (Å²) < 4.78 is 0. The van der Waals surface area contributed by atoms with Crippen molar-refractivity contribution in [3.63, 3.8) is 0 Å². The summed E-state index contributed by atoms with van der Waals surface area (Å²) in [5.41, 5.74) is 0. The largest absolute Gasteiger partial charge is 0.396 e. The molecule has 1 N–H and O–H groups in total. The zero-order valence-electron chi connectivity index (χ0n) is 14.0. The summed E-state index contributed by atoms with van der Waals surface area (Å²) in [5.74, 6) is 0.270. The van der Waals surface area contributed by atoms with Crippen LogP contribution >= 0.6 is 11.3 Å². The fourth-order valence-electron chi connectivity index (χ4n) is 3.44. The van der Waals surface area contributed by atoms with Gasteiger partial charge in [-0.25, -0.2) is 0 Å². The van der Waals surface area contributed by atoms with Gasteiger partial charge in [0.1, 0.15) is 5.01 Å². The van der Waals surface area contributed by atoms with Crippen LogP contribution in [0.4, 0.5) is 5.13 Å². The molecule has 132 valence electrons. The van der Waals surface area contributed by atoms with Crippen LogP contribution in [0, 0.1) is 11.8 Å². The highest BCUT2D eigenvalue weighted by Gasteiger charge is 2.39. The van der Waals surface area contributed by atoms with E-state index in [1.807, 2.05) is 11.8 Å². The number of aliphatic hydroxyl groups excluding tert-OH is 1. The second-order valence-electron chi connectivity index (χ2n) is 6.52. The van der Waals surface area contributed by atoms with Crippen molar-refractivity contribution in [1.29, 1.82) is 0 Å². The van der Waals surface area contributed by atoms with Crippen molar-refractivity contribution in [2.75, 3.05) is 31.1 Å². The number of hydrogen-bond donors (Lipinski definition) is 1. The van der Waals surface area contributed by atoms with E-state index in [1.54, 1.807) is 4.90 Å². The molecule has 7 nitrogen and oxygen atoms in total. The molecule has 24 heavy (non-hydrogen) atoms. The van der Waals surface area contributed by atoms with Crippen molar-refractivity contribution in [2.45, 2.75) is 39.0 Å². The van der Waals surface area contributed by atoms with Gasteiger partial charge in [-0.3, -0.25) is 14.5 Å². The predicted octanol–water partition coefficient (Wildman–Crippen LogP) is 1.07. The van der Waals surface area contributed by atoms with E-state index in [0.717, 1.165) is 43.8 Å². The Bertz CT molecular complexity index is 598. The Labute approximate surface area is 145 Å². The number of likely N-dealkylation sites (tertiary alicyclic amines) is 1. The lowest BCUT2D eigenvalue weighted by Gasteiger charge is -2.33. The van der Waals surface area contributed by atoms with Crippen LogP contribution in [0.3, 0.4) is 0 Å². The van der Waals surface area contributed by atoms with Crippen molar-refractivity contribution in [3.8, 4) is 0 Å². The average molecular weight is 352 g/mol. The maximum absolute atomic E-state index is 12.7. The van der Waals surface area contributed by atoms with Crippen LogP contribution in [0.1, 0.15) is 37.6 Å². The molecule has 1 unspecified atom stereocenters. The number of carbonyl (C=O) groups is 2. The van der Waals surface area contributed by atoms with Crippen molar-refractivity contribution < 1.29 is 14.7 Å². The number of aliphatic hydroxyl groups is 1. The molecule has 2 aliphatic heterocycles. The second kappa shape index (κ2) is 7.57. The number of amides is 2. The van der Waals surface area contributed by atoms with Gasteiger partial charge in [-0.15, -0.1) is 10.2 Å². The maximum Gasteiger partial charge on any atom is 0.229 e. The van der Waals surface area contributed by atoms with Gasteiger partial charge >= 0.3 is 0 Å². The van der Waals surface area contributed by atoms with Crippen molar-refractivity contribution >= 4 is 28.3 Å². The van der Waals surface area contributed by atoms with E-state index in [1.165, 1.54) is 11.3 Å². The number of anilines is 1. The normalized spacial score (nSPS) is 22.4. The molecule has 0 bridgehead atoms. The molecule has 0 saturated carbocycles. The van der Waals surface area contributed by atoms with Crippen LogP contribution in [0.25, 0.3) is 0 Å². The minimum Gasteiger partial charge on any atom is -0.396 e. The summed E-state index contributed by atoms with van der Waals surface area (Å²) in [5, 5.41) is 18.7. The summed E-state index contributed by atoms with van der Waals surface area (Å²) in [4.78, 5) is 28.5. The Morgan fingerprint density at radius 1 is 1.33 bits per heavy atom. The Morgan fingerprint density at radius 2 is 2.08 bits per heavy atom. The van der Waals surface area contributed by atoms with Crippen LogP contribution in [-0.4, -0.2) is 58.3 Å². The molecule has 3 heterocycles. The monoisotopic (exact) mass is 352 g/mol. The standard InChI is InChI=1S/C16H24N4O3S/c1-2-13-17-18-16(24-13)20-10-12(9-14(20)22)15(23)19-6-3-11(4-7-19)5-8-21/h11-12,21H,2-10H2,1H3. The van der Waals surface area contributed by atoms with Gasteiger partial charge in [0.05, 0.1) is 5.92 Å². The molecule has 3 rings (SSSR count).